The summed E-state index contributed by atoms with van der Waals surface area (Å²) in [5.41, 5.74) is 0. The van der Waals surface area contributed by atoms with Crippen molar-refractivity contribution in [3.05, 3.63) is 0 Å². The zero-order valence-corrected chi connectivity index (χ0v) is 17.2. The molecule has 1 fully saturated rings. The van der Waals surface area contributed by atoms with Crippen molar-refractivity contribution >= 4 is 11.9 Å². The topological polar surface area (TPSA) is 89.5 Å². The first-order chi connectivity index (χ1) is 13.7. The van der Waals surface area contributed by atoms with Crippen LogP contribution in [-0.4, -0.2) is 25.2 Å². The zero-order valence-electron chi connectivity index (χ0n) is 17.2. The van der Waals surface area contributed by atoms with Crippen LogP contribution < -0.4 is 0 Å². The first kappa shape index (κ1) is 25.0. The number of carbonyl (C=O) groups excluding carboxylic acids is 2. The number of hydrogen-bond acceptors (Lipinski definition) is 8. The van der Waals surface area contributed by atoms with Crippen molar-refractivity contribution in [2.45, 2.75) is 96.8 Å². The summed E-state index contributed by atoms with van der Waals surface area (Å²) in [6, 6.07) is 0. The van der Waals surface area contributed by atoms with Crippen molar-refractivity contribution in [3.8, 4) is 0 Å². The van der Waals surface area contributed by atoms with E-state index >= 15 is 0 Å². The predicted molar refractivity (Wildman–Crippen MR) is 100 cm³/mol. The van der Waals surface area contributed by atoms with Crippen LogP contribution in [0, 0.1) is 5.92 Å². The molecule has 0 N–H and O–H groups in total. The van der Waals surface area contributed by atoms with E-state index in [9.17, 15) is 9.59 Å². The summed E-state index contributed by atoms with van der Waals surface area (Å²) < 4.78 is 4.41. The van der Waals surface area contributed by atoms with Gasteiger partial charge >= 0.3 is 11.9 Å². The second-order valence-electron chi connectivity index (χ2n) is 7.22. The fraction of sp³-hybridized carbons (Fsp3) is 0.900. The van der Waals surface area contributed by atoms with E-state index < -0.39 is 17.9 Å². The van der Waals surface area contributed by atoms with Crippen LogP contribution in [0.4, 0.5) is 0 Å². The quantitative estimate of drug-likeness (QED) is 0.0929. The lowest BCUT2D eigenvalue weighted by molar-refractivity contribution is -0.708. The standard InChI is InChI=1S/C20H36O8/c1-2-3-4-5-6-7-8-9-10-11-12-13-15-23-26-28-27-24-16-14-18-17-19(21)25-20(18)22/h18H,2-17H2,1H3. The normalized spacial score (nSPS) is 16.7. The van der Waals surface area contributed by atoms with E-state index in [0.29, 0.717) is 13.0 Å². The second kappa shape index (κ2) is 18.0. The molecule has 0 amide bonds. The molecular weight excluding hydrogens is 368 g/mol. The maximum Gasteiger partial charge on any atom is 0.317 e. The Morgan fingerprint density at radius 3 is 1.82 bits per heavy atom. The van der Waals surface area contributed by atoms with Crippen molar-refractivity contribution in [1.82, 2.24) is 0 Å². The molecule has 1 heterocycles. The van der Waals surface area contributed by atoms with Gasteiger partial charge in [-0.2, -0.15) is 0 Å². The largest absolute Gasteiger partial charge is 0.393 e. The molecule has 0 saturated carbocycles. The van der Waals surface area contributed by atoms with Gasteiger partial charge in [0, 0.05) is 0 Å². The molecule has 0 aromatic rings. The summed E-state index contributed by atoms with van der Waals surface area (Å²) >= 11 is 0. The highest BCUT2D eigenvalue weighted by molar-refractivity contribution is 5.94. The number of esters is 2. The molecule has 1 atom stereocenters. The molecule has 0 bridgehead atoms. The molecule has 1 rings (SSSR count). The number of rotatable bonds is 20. The SMILES string of the molecule is CCCCCCCCCCCCCCOOOOOCCC1CC(=O)OC1=O. The lowest BCUT2D eigenvalue weighted by Gasteiger charge is -2.04. The van der Waals surface area contributed by atoms with Crippen LogP contribution >= 0.6 is 0 Å². The van der Waals surface area contributed by atoms with Crippen LogP contribution in [0.25, 0.3) is 0 Å². The van der Waals surface area contributed by atoms with Gasteiger partial charge in [0.2, 0.25) is 0 Å². The van der Waals surface area contributed by atoms with Gasteiger partial charge < -0.3 is 4.74 Å². The second-order valence-corrected chi connectivity index (χ2v) is 7.22. The lowest BCUT2D eigenvalue weighted by Crippen LogP contribution is -2.11. The maximum absolute atomic E-state index is 11.2. The molecule has 28 heavy (non-hydrogen) atoms. The van der Waals surface area contributed by atoms with Gasteiger partial charge in [-0.25, -0.2) is 9.78 Å². The van der Waals surface area contributed by atoms with Gasteiger partial charge in [0.05, 0.1) is 25.6 Å². The molecule has 0 aromatic carbocycles. The average molecular weight is 405 g/mol. The van der Waals surface area contributed by atoms with Crippen LogP contribution in [-0.2, 0) is 39.2 Å². The fourth-order valence-electron chi connectivity index (χ4n) is 3.05. The Balaban J connectivity index is 1.69. The van der Waals surface area contributed by atoms with Crippen LogP contribution in [0.2, 0.25) is 0 Å². The molecule has 0 spiro atoms. The molecule has 1 unspecified atom stereocenters. The Bertz CT molecular complexity index is 402. The highest BCUT2D eigenvalue weighted by atomic mass is 17.8. The molecule has 164 valence electrons. The fourth-order valence-corrected chi connectivity index (χ4v) is 3.05. The molecule has 1 aliphatic heterocycles. The molecule has 1 aliphatic rings. The van der Waals surface area contributed by atoms with Gasteiger partial charge in [-0.1, -0.05) is 77.6 Å². The Kier molecular flexibility index (Phi) is 16.1. The van der Waals surface area contributed by atoms with E-state index in [4.69, 9.17) is 4.89 Å². The van der Waals surface area contributed by atoms with Crippen molar-refractivity contribution in [2.75, 3.05) is 13.2 Å². The van der Waals surface area contributed by atoms with E-state index in [1.54, 1.807) is 0 Å². The minimum absolute atomic E-state index is 0.0646. The molecule has 8 heteroatoms. The van der Waals surface area contributed by atoms with Crippen molar-refractivity contribution < 1.29 is 39.2 Å². The van der Waals surface area contributed by atoms with Crippen LogP contribution in [0.3, 0.4) is 0 Å². The zero-order chi connectivity index (χ0) is 20.3. The Morgan fingerprint density at radius 1 is 0.750 bits per heavy atom. The van der Waals surface area contributed by atoms with Crippen LogP contribution in [0.1, 0.15) is 96.8 Å². The molecule has 8 nitrogen and oxygen atoms in total. The number of carbonyl (C=O) groups is 2. The van der Waals surface area contributed by atoms with Gasteiger partial charge in [0.1, 0.15) is 0 Å². The molecule has 0 aromatic heterocycles. The van der Waals surface area contributed by atoms with E-state index in [1.165, 1.54) is 64.2 Å². The van der Waals surface area contributed by atoms with Gasteiger partial charge in [0.25, 0.3) is 0 Å². The van der Waals surface area contributed by atoms with Gasteiger partial charge in [-0.15, -0.1) is 0 Å². The van der Waals surface area contributed by atoms with Crippen molar-refractivity contribution in [1.29, 1.82) is 0 Å². The Morgan fingerprint density at radius 2 is 1.29 bits per heavy atom. The van der Waals surface area contributed by atoms with Gasteiger partial charge in [-0.3, -0.25) is 9.59 Å². The first-order valence-electron chi connectivity index (χ1n) is 10.7. The summed E-state index contributed by atoms with van der Waals surface area (Å²) in [6.07, 6.45) is 15.7. The average Bonchev–Trinajstić information content (AvgIpc) is 3.00. The first-order valence-corrected chi connectivity index (χ1v) is 10.7. The molecule has 1 saturated heterocycles. The van der Waals surface area contributed by atoms with E-state index in [1.807, 2.05) is 0 Å². The molecular formula is C20H36O8. The van der Waals surface area contributed by atoms with E-state index in [-0.39, 0.29) is 13.0 Å². The highest BCUT2D eigenvalue weighted by Crippen LogP contribution is 2.19. The van der Waals surface area contributed by atoms with Crippen LogP contribution in [0.15, 0.2) is 0 Å². The molecule has 0 aliphatic carbocycles. The Labute approximate surface area is 167 Å². The third kappa shape index (κ3) is 14.0. The third-order valence-corrected chi connectivity index (χ3v) is 4.74. The summed E-state index contributed by atoms with van der Waals surface area (Å²) in [4.78, 5) is 31.5. The summed E-state index contributed by atoms with van der Waals surface area (Å²) in [5.74, 6) is -1.53. The third-order valence-electron chi connectivity index (χ3n) is 4.74. The van der Waals surface area contributed by atoms with Gasteiger partial charge in [-0.05, 0) is 28.0 Å². The lowest BCUT2D eigenvalue weighted by atomic mass is 10.1. The van der Waals surface area contributed by atoms with Crippen LogP contribution in [0.5, 0.6) is 0 Å². The minimum Gasteiger partial charge on any atom is -0.393 e. The highest BCUT2D eigenvalue weighted by Gasteiger charge is 2.32. The monoisotopic (exact) mass is 404 g/mol. The predicted octanol–water partition coefficient (Wildman–Crippen LogP) is 4.91. The maximum atomic E-state index is 11.2. The van der Waals surface area contributed by atoms with E-state index in [2.05, 4.69) is 31.7 Å². The number of cyclic esters (lactones) is 2. The van der Waals surface area contributed by atoms with Crippen molar-refractivity contribution in [3.63, 3.8) is 0 Å². The number of unbranched alkanes of at least 4 members (excludes halogenated alkanes) is 11. The number of hydrogen-bond donors (Lipinski definition) is 0. The number of ether oxygens (including phenoxy) is 1. The van der Waals surface area contributed by atoms with E-state index in [0.717, 1.165) is 12.8 Å². The minimum atomic E-state index is -0.531. The summed E-state index contributed by atoms with van der Waals surface area (Å²) in [6.45, 7) is 2.73. The summed E-state index contributed by atoms with van der Waals surface area (Å²) in [5, 5.41) is 12.9. The molecule has 0 radical (unpaired) electrons. The van der Waals surface area contributed by atoms with Gasteiger partial charge in [0.15, 0.2) is 0 Å². The summed E-state index contributed by atoms with van der Waals surface area (Å²) in [7, 11) is 0. The van der Waals surface area contributed by atoms with Crippen molar-refractivity contribution in [2.24, 2.45) is 5.92 Å². The Hall–Kier alpha value is -1.06. The smallest absolute Gasteiger partial charge is 0.317 e.